The fourth-order valence-corrected chi connectivity index (χ4v) is 3.02. The molecule has 25 heavy (non-hydrogen) atoms. The summed E-state index contributed by atoms with van der Waals surface area (Å²) in [6.07, 6.45) is 1.21. The minimum Gasteiger partial charge on any atom is -0.339 e. The second-order valence-corrected chi connectivity index (χ2v) is 6.51. The summed E-state index contributed by atoms with van der Waals surface area (Å²) in [5.74, 6) is -0.634. The van der Waals surface area contributed by atoms with E-state index in [9.17, 15) is 14.0 Å². The molecule has 1 fully saturated rings. The largest absolute Gasteiger partial charge is 0.339 e. The van der Waals surface area contributed by atoms with Gasteiger partial charge in [-0.05, 0) is 61.4 Å². The number of benzene rings is 2. The van der Waals surface area contributed by atoms with Crippen molar-refractivity contribution in [2.75, 3.05) is 18.4 Å². The molecule has 0 unspecified atom stereocenters. The molecule has 0 atom stereocenters. The molecular weight excluding hydrogens is 343 g/mol. The fraction of sp³-hybridized carbons (Fsp3) is 0.263. The molecule has 0 radical (unpaired) electrons. The standard InChI is InChI=1S/C19H18ClFN2O2/c20-15-3-1-14(2-4-15)19(25)23-11-9-13(10-12-23)18(24)22-17-7-5-16(21)6-8-17/h1-8,13H,9-12H2,(H,22,24). The fourth-order valence-electron chi connectivity index (χ4n) is 2.90. The van der Waals surface area contributed by atoms with Crippen LogP contribution in [0.2, 0.25) is 5.02 Å². The highest BCUT2D eigenvalue weighted by molar-refractivity contribution is 6.30. The Morgan fingerprint density at radius 3 is 2.20 bits per heavy atom. The molecule has 1 aliphatic rings. The Morgan fingerprint density at radius 1 is 1.00 bits per heavy atom. The lowest BCUT2D eigenvalue weighted by Crippen LogP contribution is -2.41. The molecule has 0 saturated carbocycles. The number of carbonyl (C=O) groups is 2. The highest BCUT2D eigenvalue weighted by Crippen LogP contribution is 2.21. The van der Waals surface area contributed by atoms with Gasteiger partial charge in [-0.1, -0.05) is 11.6 Å². The third-order valence-corrected chi connectivity index (χ3v) is 4.61. The number of hydrogen-bond donors (Lipinski definition) is 1. The lowest BCUT2D eigenvalue weighted by molar-refractivity contribution is -0.121. The molecule has 0 aromatic heterocycles. The van der Waals surface area contributed by atoms with Gasteiger partial charge in [-0.2, -0.15) is 0 Å². The van der Waals surface area contributed by atoms with Crippen molar-refractivity contribution in [3.63, 3.8) is 0 Å². The number of halogens is 2. The van der Waals surface area contributed by atoms with E-state index in [0.717, 1.165) is 0 Å². The molecule has 6 heteroatoms. The summed E-state index contributed by atoms with van der Waals surface area (Å²) >= 11 is 5.84. The number of amides is 2. The minimum atomic E-state index is -0.341. The first kappa shape index (κ1) is 17.4. The van der Waals surface area contributed by atoms with E-state index in [2.05, 4.69) is 5.32 Å². The van der Waals surface area contributed by atoms with Gasteiger partial charge in [0.2, 0.25) is 5.91 Å². The van der Waals surface area contributed by atoms with Crippen LogP contribution in [0.1, 0.15) is 23.2 Å². The average Bonchev–Trinajstić information content (AvgIpc) is 2.64. The molecule has 2 aromatic rings. The highest BCUT2D eigenvalue weighted by atomic mass is 35.5. The van der Waals surface area contributed by atoms with Gasteiger partial charge in [0.1, 0.15) is 5.82 Å². The van der Waals surface area contributed by atoms with Crippen LogP contribution in [0.25, 0.3) is 0 Å². The summed E-state index contributed by atoms with van der Waals surface area (Å²) in [7, 11) is 0. The van der Waals surface area contributed by atoms with E-state index in [1.165, 1.54) is 24.3 Å². The number of likely N-dealkylation sites (tertiary alicyclic amines) is 1. The predicted molar refractivity (Wildman–Crippen MR) is 95.1 cm³/mol. The van der Waals surface area contributed by atoms with Crippen LogP contribution in [0.15, 0.2) is 48.5 Å². The number of nitrogens with zero attached hydrogens (tertiary/aromatic N) is 1. The zero-order valence-corrected chi connectivity index (χ0v) is 14.3. The highest BCUT2D eigenvalue weighted by Gasteiger charge is 2.27. The second kappa shape index (κ2) is 7.66. The topological polar surface area (TPSA) is 49.4 Å². The molecule has 3 rings (SSSR count). The Kier molecular flexibility index (Phi) is 5.34. The van der Waals surface area contributed by atoms with Gasteiger partial charge in [0.05, 0.1) is 0 Å². The van der Waals surface area contributed by atoms with Crippen LogP contribution < -0.4 is 5.32 Å². The summed E-state index contributed by atoms with van der Waals surface area (Å²) in [6.45, 7) is 1.06. The Morgan fingerprint density at radius 2 is 1.60 bits per heavy atom. The predicted octanol–water partition coefficient (Wildman–Crippen LogP) is 3.97. The van der Waals surface area contributed by atoms with Gasteiger partial charge in [-0.25, -0.2) is 4.39 Å². The first-order valence-electron chi connectivity index (χ1n) is 8.14. The van der Waals surface area contributed by atoms with E-state index in [-0.39, 0.29) is 23.5 Å². The molecule has 2 amide bonds. The maximum atomic E-state index is 12.9. The Labute approximate surface area is 150 Å². The summed E-state index contributed by atoms with van der Waals surface area (Å²) in [5.41, 5.74) is 1.17. The Balaban J connectivity index is 1.54. The molecular formula is C19H18ClFN2O2. The second-order valence-electron chi connectivity index (χ2n) is 6.07. The maximum Gasteiger partial charge on any atom is 0.253 e. The van der Waals surface area contributed by atoms with Crippen LogP contribution in [0, 0.1) is 11.7 Å². The van der Waals surface area contributed by atoms with Gasteiger partial charge in [0.25, 0.3) is 5.91 Å². The number of anilines is 1. The Hall–Kier alpha value is -2.40. The number of rotatable bonds is 3. The van der Waals surface area contributed by atoms with Crippen LogP contribution in [0.5, 0.6) is 0 Å². The molecule has 0 aliphatic carbocycles. The molecule has 1 heterocycles. The van der Waals surface area contributed by atoms with E-state index in [1.54, 1.807) is 29.2 Å². The van der Waals surface area contributed by atoms with Crippen molar-refractivity contribution in [3.8, 4) is 0 Å². The summed E-state index contributed by atoms with van der Waals surface area (Å²) in [4.78, 5) is 26.5. The minimum absolute atomic E-state index is 0.0472. The molecule has 4 nitrogen and oxygen atoms in total. The number of nitrogens with one attached hydrogen (secondary N) is 1. The lowest BCUT2D eigenvalue weighted by Gasteiger charge is -2.31. The molecule has 1 aliphatic heterocycles. The third-order valence-electron chi connectivity index (χ3n) is 4.36. The van der Waals surface area contributed by atoms with Crippen LogP contribution >= 0.6 is 11.6 Å². The van der Waals surface area contributed by atoms with Crippen molar-refractivity contribution >= 4 is 29.1 Å². The molecule has 0 spiro atoms. The molecule has 130 valence electrons. The summed E-state index contributed by atoms with van der Waals surface area (Å²) < 4.78 is 12.9. The van der Waals surface area contributed by atoms with Gasteiger partial charge in [0, 0.05) is 35.3 Å². The molecule has 0 bridgehead atoms. The van der Waals surface area contributed by atoms with Gasteiger partial charge in [0.15, 0.2) is 0 Å². The van der Waals surface area contributed by atoms with Crippen LogP contribution in [-0.2, 0) is 4.79 Å². The van der Waals surface area contributed by atoms with Crippen molar-refractivity contribution in [2.45, 2.75) is 12.8 Å². The quantitative estimate of drug-likeness (QED) is 0.900. The lowest BCUT2D eigenvalue weighted by atomic mass is 9.95. The number of piperidine rings is 1. The normalized spacial score (nSPS) is 15.0. The van der Waals surface area contributed by atoms with Crippen molar-refractivity contribution in [3.05, 3.63) is 64.9 Å². The van der Waals surface area contributed by atoms with Crippen molar-refractivity contribution < 1.29 is 14.0 Å². The Bertz CT molecular complexity index is 754. The van der Waals surface area contributed by atoms with Gasteiger partial charge in [-0.15, -0.1) is 0 Å². The zero-order chi connectivity index (χ0) is 17.8. The van der Waals surface area contributed by atoms with E-state index in [1.807, 2.05) is 0 Å². The zero-order valence-electron chi connectivity index (χ0n) is 13.5. The molecule has 1 N–H and O–H groups in total. The van der Waals surface area contributed by atoms with E-state index >= 15 is 0 Å². The third kappa shape index (κ3) is 4.37. The van der Waals surface area contributed by atoms with Crippen LogP contribution in [-0.4, -0.2) is 29.8 Å². The van der Waals surface area contributed by atoms with Crippen molar-refractivity contribution in [1.82, 2.24) is 4.90 Å². The van der Waals surface area contributed by atoms with Crippen molar-refractivity contribution in [2.24, 2.45) is 5.92 Å². The average molecular weight is 361 g/mol. The summed E-state index contributed by atoms with van der Waals surface area (Å²) in [5, 5.41) is 3.39. The number of hydrogen-bond acceptors (Lipinski definition) is 2. The van der Waals surface area contributed by atoms with E-state index in [0.29, 0.717) is 42.2 Å². The van der Waals surface area contributed by atoms with Crippen molar-refractivity contribution in [1.29, 1.82) is 0 Å². The molecule has 1 saturated heterocycles. The SMILES string of the molecule is O=C(Nc1ccc(F)cc1)C1CCN(C(=O)c2ccc(Cl)cc2)CC1. The van der Waals surface area contributed by atoms with E-state index < -0.39 is 0 Å². The first-order chi connectivity index (χ1) is 12.0. The van der Waals surface area contributed by atoms with Gasteiger partial charge >= 0.3 is 0 Å². The molecule has 2 aromatic carbocycles. The van der Waals surface area contributed by atoms with Crippen LogP contribution in [0.3, 0.4) is 0 Å². The van der Waals surface area contributed by atoms with Gasteiger partial charge in [-0.3, -0.25) is 9.59 Å². The van der Waals surface area contributed by atoms with Gasteiger partial charge < -0.3 is 10.2 Å². The first-order valence-corrected chi connectivity index (χ1v) is 8.52. The monoisotopic (exact) mass is 360 g/mol. The maximum absolute atomic E-state index is 12.9. The van der Waals surface area contributed by atoms with E-state index in [4.69, 9.17) is 11.6 Å². The summed E-state index contributed by atoms with van der Waals surface area (Å²) in [6, 6.07) is 12.5. The van der Waals surface area contributed by atoms with Crippen LogP contribution in [0.4, 0.5) is 10.1 Å². The number of carbonyl (C=O) groups excluding carboxylic acids is 2. The smallest absolute Gasteiger partial charge is 0.253 e.